The third-order valence-corrected chi connectivity index (χ3v) is 3.44. The highest BCUT2D eigenvalue weighted by Crippen LogP contribution is 2.30. The van der Waals surface area contributed by atoms with Crippen LogP contribution in [0.4, 0.5) is 8.78 Å². The third kappa shape index (κ3) is 3.31. The largest absolute Gasteiger partial charge is 0.316 e. The molecule has 1 N–H and O–H groups in total. The number of nitrogens with one attached hydrogen (secondary N) is 1. The van der Waals surface area contributed by atoms with Crippen molar-refractivity contribution in [3.8, 4) is 0 Å². The summed E-state index contributed by atoms with van der Waals surface area (Å²) < 4.78 is 26.8. The van der Waals surface area contributed by atoms with Crippen LogP contribution in [0.3, 0.4) is 0 Å². The SMILES string of the molecule is CNCc1ccc(Sc2cccc(F)c2)c(F)c1. The Kier molecular flexibility index (Phi) is 4.33. The molecule has 0 unspecified atom stereocenters. The summed E-state index contributed by atoms with van der Waals surface area (Å²) in [5.74, 6) is -0.593. The van der Waals surface area contributed by atoms with Gasteiger partial charge in [-0.1, -0.05) is 23.9 Å². The van der Waals surface area contributed by atoms with Crippen molar-refractivity contribution in [3.63, 3.8) is 0 Å². The van der Waals surface area contributed by atoms with Crippen LogP contribution in [0.1, 0.15) is 5.56 Å². The molecule has 18 heavy (non-hydrogen) atoms. The molecule has 0 atom stereocenters. The molecule has 2 aromatic carbocycles. The first-order valence-electron chi connectivity index (χ1n) is 5.55. The maximum Gasteiger partial charge on any atom is 0.137 e. The lowest BCUT2D eigenvalue weighted by molar-refractivity contribution is 0.597. The Bertz CT molecular complexity index is 543. The molecule has 94 valence electrons. The average molecular weight is 265 g/mol. The van der Waals surface area contributed by atoms with Gasteiger partial charge in [-0.2, -0.15) is 0 Å². The van der Waals surface area contributed by atoms with Crippen LogP contribution in [0.25, 0.3) is 0 Å². The lowest BCUT2D eigenvalue weighted by atomic mass is 10.2. The molecule has 0 saturated heterocycles. The fourth-order valence-electron chi connectivity index (χ4n) is 1.60. The van der Waals surface area contributed by atoms with Gasteiger partial charge in [-0.15, -0.1) is 0 Å². The van der Waals surface area contributed by atoms with E-state index in [0.29, 0.717) is 16.3 Å². The smallest absolute Gasteiger partial charge is 0.137 e. The monoisotopic (exact) mass is 265 g/mol. The highest BCUT2D eigenvalue weighted by Gasteiger charge is 2.06. The van der Waals surface area contributed by atoms with Crippen LogP contribution in [0.15, 0.2) is 52.3 Å². The van der Waals surface area contributed by atoms with E-state index in [2.05, 4.69) is 5.32 Å². The molecule has 0 saturated carbocycles. The van der Waals surface area contributed by atoms with Gasteiger partial charge in [0, 0.05) is 16.3 Å². The van der Waals surface area contributed by atoms with Gasteiger partial charge in [0.2, 0.25) is 0 Å². The van der Waals surface area contributed by atoms with E-state index in [1.165, 1.54) is 30.0 Å². The minimum atomic E-state index is -0.313. The molecule has 0 heterocycles. The molecule has 2 rings (SSSR count). The van der Waals surface area contributed by atoms with E-state index in [-0.39, 0.29) is 11.6 Å². The van der Waals surface area contributed by atoms with E-state index in [9.17, 15) is 8.78 Å². The Labute approximate surface area is 109 Å². The summed E-state index contributed by atoms with van der Waals surface area (Å²) in [6.07, 6.45) is 0. The van der Waals surface area contributed by atoms with Crippen LogP contribution in [0, 0.1) is 11.6 Å². The molecule has 0 aromatic heterocycles. The van der Waals surface area contributed by atoms with E-state index in [1.807, 2.05) is 13.1 Å². The zero-order valence-corrected chi connectivity index (χ0v) is 10.7. The van der Waals surface area contributed by atoms with Gasteiger partial charge in [0.25, 0.3) is 0 Å². The van der Waals surface area contributed by atoms with Crippen molar-refractivity contribution in [1.82, 2.24) is 5.32 Å². The van der Waals surface area contributed by atoms with Crippen LogP contribution >= 0.6 is 11.8 Å². The molecule has 0 aliphatic carbocycles. The van der Waals surface area contributed by atoms with Gasteiger partial charge in [-0.3, -0.25) is 0 Å². The van der Waals surface area contributed by atoms with Crippen LogP contribution in [0.5, 0.6) is 0 Å². The first kappa shape index (κ1) is 13.1. The van der Waals surface area contributed by atoms with Crippen molar-refractivity contribution >= 4 is 11.8 Å². The zero-order valence-electron chi connectivity index (χ0n) is 9.91. The van der Waals surface area contributed by atoms with Crippen LogP contribution in [-0.2, 0) is 6.54 Å². The fourth-order valence-corrected chi connectivity index (χ4v) is 2.46. The van der Waals surface area contributed by atoms with Crippen molar-refractivity contribution in [1.29, 1.82) is 0 Å². The summed E-state index contributed by atoms with van der Waals surface area (Å²) in [5.41, 5.74) is 0.888. The van der Waals surface area contributed by atoms with E-state index in [0.717, 1.165) is 5.56 Å². The lowest BCUT2D eigenvalue weighted by Crippen LogP contribution is -2.05. The molecule has 4 heteroatoms. The first-order chi connectivity index (χ1) is 8.69. The quantitative estimate of drug-likeness (QED) is 0.901. The first-order valence-corrected chi connectivity index (χ1v) is 6.37. The molecule has 1 nitrogen and oxygen atoms in total. The van der Waals surface area contributed by atoms with Crippen molar-refractivity contribution in [2.24, 2.45) is 0 Å². The Morgan fingerprint density at radius 1 is 1.11 bits per heavy atom. The highest BCUT2D eigenvalue weighted by atomic mass is 32.2. The van der Waals surface area contributed by atoms with Gasteiger partial charge in [-0.25, -0.2) is 8.78 Å². The van der Waals surface area contributed by atoms with Gasteiger partial charge in [0.1, 0.15) is 11.6 Å². The van der Waals surface area contributed by atoms with Gasteiger partial charge in [0.15, 0.2) is 0 Å². The van der Waals surface area contributed by atoms with E-state index >= 15 is 0 Å². The molecule has 0 amide bonds. The maximum atomic E-state index is 13.8. The zero-order chi connectivity index (χ0) is 13.0. The van der Waals surface area contributed by atoms with Crippen molar-refractivity contribution in [2.45, 2.75) is 16.3 Å². The normalized spacial score (nSPS) is 10.6. The van der Waals surface area contributed by atoms with Gasteiger partial charge < -0.3 is 5.32 Å². The minimum absolute atomic E-state index is 0.281. The molecule has 0 radical (unpaired) electrons. The molecule has 0 bridgehead atoms. The van der Waals surface area contributed by atoms with E-state index < -0.39 is 0 Å². The highest BCUT2D eigenvalue weighted by molar-refractivity contribution is 7.99. The topological polar surface area (TPSA) is 12.0 Å². The summed E-state index contributed by atoms with van der Waals surface area (Å²) in [5, 5.41) is 2.96. The number of benzene rings is 2. The van der Waals surface area contributed by atoms with E-state index in [1.54, 1.807) is 18.2 Å². The summed E-state index contributed by atoms with van der Waals surface area (Å²) in [6, 6.07) is 11.2. The second-order valence-corrected chi connectivity index (χ2v) is 4.97. The standard InChI is InChI=1S/C14H13F2NS/c1-17-9-10-5-6-14(13(16)7-10)18-12-4-2-3-11(15)8-12/h2-8,17H,9H2,1H3. The number of rotatable bonds is 4. The van der Waals surface area contributed by atoms with E-state index in [4.69, 9.17) is 0 Å². The molecule has 0 fully saturated rings. The lowest BCUT2D eigenvalue weighted by Gasteiger charge is -2.06. The minimum Gasteiger partial charge on any atom is -0.316 e. The van der Waals surface area contributed by atoms with Gasteiger partial charge in [-0.05, 0) is 42.9 Å². The Morgan fingerprint density at radius 3 is 2.61 bits per heavy atom. The van der Waals surface area contributed by atoms with Crippen LogP contribution in [-0.4, -0.2) is 7.05 Å². The molecule has 0 spiro atoms. The number of hydrogen-bond donors (Lipinski definition) is 1. The second-order valence-electron chi connectivity index (χ2n) is 3.85. The summed E-state index contributed by atoms with van der Waals surface area (Å²) >= 11 is 1.22. The summed E-state index contributed by atoms with van der Waals surface area (Å²) in [6.45, 7) is 0.627. The van der Waals surface area contributed by atoms with Crippen molar-refractivity contribution in [2.75, 3.05) is 7.05 Å². The summed E-state index contributed by atoms with van der Waals surface area (Å²) in [4.78, 5) is 1.19. The molecule has 0 aliphatic rings. The van der Waals surface area contributed by atoms with Crippen molar-refractivity contribution < 1.29 is 8.78 Å². The average Bonchev–Trinajstić information content (AvgIpc) is 2.33. The Hall–Kier alpha value is -1.39. The fraction of sp³-hybridized carbons (Fsp3) is 0.143. The van der Waals surface area contributed by atoms with Crippen molar-refractivity contribution in [3.05, 3.63) is 59.7 Å². The maximum absolute atomic E-state index is 13.8. The van der Waals surface area contributed by atoms with Crippen LogP contribution < -0.4 is 5.32 Å². The Balaban J connectivity index is 2.19. The number of hydrogen-bond acceptors (Lipinski definition) is 2. The molecular weight excluding hydrogens is 252 g/mol. The predicted molar refractivity (Wildman–Crippen MR) is 69.7 cm³/mol. The second kappa shape index (κ2) is 5.98. The number of halogens is 2. The van der Waals surface area contributed by atoms with Gasteiger partial charge in [0.05, 0.1) is 0 Å². The van der Waals surface area contributed by atoms with Crippen LogP contribution in [0.2, 0.25) is 0 Å². The Morgan fingerprint density at radius 2 is 1.94 bits per heavy atom. The van der Waals surface area contributed by atoms with Gasteiger partial charge >= 0.3 is 0 Å². The third-order valence-electron chi connectivity index (χ3n) is 2.40. The summed E-state index contributed by atoms with van der Waals surface area (Å²) in [7, 11) is 1.81. The molecule has 2 aromatic rings. The predicted octanol–water partition coefficient (Wildman–Crippen LogP) is 3.84. The molecule has 0 aliphatic heterocycles. The molecular formula is C14H13F2NS.